The Morgan fingerprint density at radius 3 is 2.76 bits per heavy atom. The van der Waals surface area contributed by atoms with E-state index in [-0.39, 0.29) is 12.0 Å². The maximum absolute atomic E-state index is 9.89. The summed E-state index contributed by atoms with van der Waals surface area (Å²) in [4.78, 5) is 4.85. The number of nitrogens with one attached hydrogen (secondary N) is 3. The van der Waals surface area contributed by atoms with Crippen molar-refractivity contribution in [3.63, 3.8) is 0 Å². The zero-order chi connectivity index (χ0) is 20.3. The molecule has 1 fully saturated rings. The summed E-state index contributed by atoms with van der Waals surface area (Å²) >= 11 is 0. The standard InChI is InChI=1S/C22H30N6O/c1-16(2)18-12-26-28-20(24-11-17-6-4-3-5-7-17)10-19(27-21(18)28)25-14-22(15-29)8-9-23-13-22/h3-7,10,12,16,23-24,29H,8-9,11,13-15H2,1-2H3,(H,25,27)/t22-/m1/s1. The van der Waals surface area contributed by atoms with Crippen LogP contribution in [0.25, 0.3) is 5.65 Å². The van der Waals surface area contributed by atoms with Gasteiger partial charge in [-0.15, -0.1) is 0 Å². The minimum absolute atomic E-state index is 0.132. The monoisotopic (exact) mass is 394 g/mol. The van der Waals surface area contributed by atoms with Gasteiger partial charge in [0.2, 0.25) is 0 Å². The van der Waals surface area contributed by atoms with Gasteiger partial charge in [-0.3, -0.25) is 0 Å². The second-order valence-corrected chi connectivity index (χ2v) is 8.29. The molecule has 1 atom stereocenters. The molecule has 3 heterocycles. The van der Waals surface area contributed by atoms with Gasteiger partial charge in [-0.25, -0.2) is 4.98 Å². The smallest absolute Gasteiger partial charge is 0.163 e. The number of fused-ring (bicyclic) bond motifs is 1. The van der Waals surface area contributed by atoms with Crippen molar-refractivity contribution in [3.8, 4) is 0 Å². The van der Waals surface area contributed by atoms with Crippen LogP contribution in [-0.2, 0) is 6.54 Å². The zero-order valence-corrected chi connectivity index (χ0v) is 17.2. The summed E-state index contributed by atoms with van der Waals surface area (Å²) in [5, 5.41) is 24.8. The molecule has 7 heteroatoms. The van der Waals surface area contributed by atoms with E-state index in [1.165, 1.54) is 5.56 Å². The molecule has 0 amide bonds. The van der Waals surface area contributed by atoms with Crippen LogP contribution >= 0.6 is 0 Å². The highest BCUT2D eigenvalue weighted by atomic mass is 16.3. The van der Waals surface area contributed by atoms with Gasteiger partial charge in [0.05, 0.1) is 12.8 Å². The van der Waals surface area contributed by atoms with Gasteiger partial charge < -0.3 is 21.1 Å². The second kappa shape index (κ2) is 8.39. The number of hydrogen-bond donors (Lipinski definition) is 4. The highest BCUT2D eigenvalue weighted by Crippen LogP contribution is 2.27. The predicted molar refractivity (Wildman–Crippen MR) is 116 cm³/mol. The number of benzene rings is 1. The number of nitrogens with zero attached hydrogens (tertiary/aromatic N) is 3. The normalized spacial score (nSPS) is 19.2. The van der Waals surface area contributed by atoms with Crippen LogP contribution in [0.15, 0.2) is 42.6 Å². The van der Waals surface area contributed by atoms with E-state index in [0.29, 0.717) is 19.0 Å². The molecule has 7 nitrogen and oxygen atoms in total. The lowest BCUT2D eigenvalue weighted by atomic mass is 9.88. The molecule has 1 aliphatic rings. The fraction of sp³-hybridized carbons (Fsp3) is 0.455. The molecular weight excluding hydrogens is 364 g/mol. The first-order chi connectivity index (χ1) is 14.1. The van der Waals surface area contributed by atoms with E-state index in [1.54, 1.807) is 0 Å². The van der Waals surface area contributed by atoms with Crippen LogP contribution in [0, 0.1) is 5.41 Å². The van der Waals surface area contributed by atoms with E-state index in [0.717, 1.165) is 42.4 Å². The lowest BCUT2D eigenvalue weighted by Crippen LogP contribution is -2.35. The van der Waals surface area contributed by atoms with Gasteiger partial charge in [0, 0.05) is 36.7 Å². The largest absolute Gasteiger partial charge is 0.396 e. The van der Waals surface area contributed by atoms with Gasteiger partial charge in [-0.2, -0.15) is 9.61 Å². The van der Waals surface area contributed by atoms with Crippen LogP contribution in [0.1, 0.15) is 37.3 Å². The third kappa shape index (κ3) is 4.21. The minimum atomic E-state index is -0.132. The second-order valence-electron chi connectivity index (χ2n) is 8.29. The minimum Gasteiger partial charge on any atom is -0.396 e. The molecule has 0 saturated carbocycles. The number of aliphatic hydroxyl groups is 1. The number of anilines is 2. The van der Waals surface area contributed by atoms with Crippen LogP contribution < -0.4 is 16.0 Å². The van der Waals surface area contributed by atoms with E-state index in [2.05, 4.69) is 47.0 Å². The Morgan fingerprint density at radius 2 is 2.07 bits per heavy atom. The maximum atomic E-state index is 9.89. The van der Waals surface area contributed by atoms with E-state index < -0.39 is 0 Å². The van der Waals surface area contributed by atoms with Gasteiger partial charge in [-0.05, 0) is 24.4 Å². The van der Waals surface area contributed by atoms with Gasteiger partial charge in [0.25, 0.3) is 0 Å². The van der Waals surface area contributed by atoms with E-state index in [4.69, 9.17) is 4.98 Å². The zero-order valence-electron chi connectivity index (χ0n) is 17.2. The van der Waals surface area contributed by atoms with Crippen molar-refractivity contribution in [2.45, 2.75) is 32.7 Å². The van der Waals surface area contributed by atoms with Crippen molar-refractivity contribution >= 4 is 17.3 Å². The van der Waals surface area contributed by atoms with Gasteiger partial charge >= 0.3 is 0 Å². The van der Waals surface area contributed by atoms with Crippen LogP contribution in [0.2, 0.25) is 0 Å². The summed E-state index contributed by atoms with van der Waals surface area (Å²) in [5.74, 6) is 2.03. The number of aliphatic hydroxyl groups excluding tert-OH is 1. The Kier molecular flexibility index (Phi) is 5.69. The Labute approximate surface area is 171 Å². The molecule has 4 rings (SSSR count). The molecule has 0 spiro atoms. The van der Waals surface area contributed by atoms with E-state index >= 15 is 0 Å². The highest BCUT2D eigenvalue weighted by molar-refractivity contribution is 5.61. The maximum Gasteiger partial charge on any atom is 0.163 e. The Bertz CT molecular complexity index is 947. The molecule has 1 saturated heterocycles. The summed E-state index contributed by atoms with van der Waals surface area (Å²) in [7, 11) is 0. The van der Waals surface area contributed by atoms with Crippen molar-refractivity contribution in [3.05, 3.63) is 53.7 Å². The van der Waals surface area contributed by atoms with E-state index in [1.807, 2.05) is 35.0 Å². The number of aromatic nitrogens is 3. The van der Waals surface area contributed by atoms with Crippen molar-refractivity contribution in [2.75, 3.05) is 36.9 Å². The Morgan fingerprint density at radius 1 is 1.24 bits per heavy atom. The van der Waals surface area contributed by atoms with Gasteiger partial charge in [0.1, 0.15) is 11.6 Å². The lowest BCUT2D eigenvalue weighted by Gasteiger charge is -2.26. The number of hydrogen-bond acceptors (Lipinski definition) is 6. The molecule has 29 heavy (non-hydrogen) atoms. The van der Waals surface area contributed by atoms with Gasteiger partial charge in [-0.1, -0.05) is 44.2 Å². The first-order valence-corrected chi connectivity index (χ1v) is 10.3. The molecule has 0 aliphatic carbocycles. The van der Waals surface area contributed by atoms with Crippen LogP contribution in [0.5, 0.6) is 0 Å². The first-order valence-electron chi connectivity index (χ1n) is 10.3. The topological polar surface area (TPSA) is 86.5 Å². The summed E-state index contributed by atoms with van der Waals surface area (Å²) in [6, 6.07) is 12.3. The summed E-state index contributed by atoms with van der Waals surface area (Å²) < 4.78 is 1.88. The van der Waals surface area contributed by atoms with Crippen molar-refractivity contribution in [2.24, 2.45) is 5.41 Å². The Hall–Kier alpha value is -2.64. The van der Waals surface area contributed by atoms with Crippen molar-refractivity contribution in [1.29, 1.82) is 0 Å². The predicted octanol–water partition coefficient (Wildman–Crippen LogP) is 2.85. The summed E-state index contributed by atoms with van der Waals surface area (Å²) in [6.45, 7) is 7.63. The van der Waals surface area contributed by atoms with Gasteiger partial charge in [0.15, 0.2) is 5.65 Å². The SMILES string of the molecule is CC(C)c1cnn2c(NCc3ccccc3)cc(NC[C@@]3(CO)CCNC3)nc12. The third-order valence-electron chi connectivity index (χ3n) is 5.75. The molecule has 2 aromatic heterocycles. The molecule has 3 aromatic rings. The molecule has 1 aliphatic heterocycles. The average Bonchev–Trinajstić information content (AvgIpc) is 3.39. The molecule has 154 valence electrons. The van der Waals surface area contributed by atoms with Crippen LogP contribution in [0.4, 0.5) is 11.6 Å². The van der Waals surface area contributed by atoms with Crippen molar-refractivity contribution < 1.29 is 5.11 Å². The molecule has 1 aromatic carbocycles. The fourth-order valence-corrected chi connectivity index (χ4v) is 3.81. The first kappa shape index (κ1) is 19.7. The highest BCUT2D eigenvalue weighted by Gasteiger charge is 2.33. The molecular formula is C22H30N6O. The molecule has 0 radical (unpaired) electrons. The van der Waals surface area contributed by atoms with Crippen molar-refractivity contribution in [1.82, 2.24) is 19.9 Å². The third-order valence-corrected chi connectivity index (χ3v) is 5.75. The average molecular weight is 395 g/mol. The Balaban J connectivity index is 1.62. The number of rotatable bonds is 8. The summed E-state index contributed by atoms with van der Waals surface area (Å²) in [5.41, 5.74) is 3.06. The lowest BCUT2D eigenvalue weighted by molar-refractivity contribution is 0.154. The van der Waals surface area contributed by atoms with E-state index in [9.17, 15) is 5.11 Å². The summed E-state index contributed by atoms with van der Waals surface area (Å²) in [6.07, 6.45) is 2.86. The molecule has 0 unspecified atom stereocenters. The molecule has 0 bridgehead atoms. The fourth-order valence-electron chi connectivity index (χ4n) is 3.81. The van der Waals surface area contributed by atoms with Crippen LogP contribution in [0.3, 0.4) is 0 Å². The van der Waals surface area contributed by atoms with Crippen LogP contribution in [-0.4, -0.2) is 45.9 Å². The quantitative estimate of drug-likeness (QED) is 0.470. The molecule has 4 N–H and O–H groups in total.